The summed E-state index contributed by atoms with van der Waals surface area (Å²) in [5.74, 6) is -1.35. The molecule has 0 aliphatic carbocycles. The van der Waals surface area contributed by atoms with Gasteiger partial charge in [0, 0.05) is 17.3 Å². The molecule has 7 heteroatoms. The molecule has 0 saturated heterocycles. The first kappa shape index (κ1) is 22.2. The van der Waals surface area contributed by atoms with Crippen LogP contribution in [0.15, 0.2) is 60.8 Å². The van der Waals surface area contributed by atoms with Crippen LogP contribution in [-0.4, -0.2) is 22.2 Å². The summed E-state index contributed by atoms with van der Waals surface area (Å²) in [6.07, 6.45) is 2.48. The fraction of sp³-hybridized carbons (Fsp3) is 0.304. The zero-order valence-electron chi connectivity index (χ0n) is 16.7. The van der Waals surface area contributed by atoms with Crippen LogP contribution in [0.3, 0.4) is 0 Å². The minimum Gasteiger partial charge on any atom is -0.324 e. The second-order valence-electron chi connectivity index (χ2n) is 7.52. The second-order valence-corrected chi connectivity index (χ2v) is 8.60. The van der Waals surface area contributed by atoms with Crippen LogP contribution in [0.2, 0.25) is 0 Å². The molecule has 0 aliphatic rings. The number of carbonyl (C=O) groups is 1. The molecule has 0 aliphatic heterocycles. The third-order valence-electron chi connectivity index (χ3n) is 4.65. The molecule has 158 valence electrons. The summed E-state index contributed by atoms with van der Waals surface area (Å²) in [5.41, 5.74) is -1.67. The number of amides is 1. The second kappa shape index (κ2) is 9.51. The van der Waals surface area contributed by atoms with Crippen molar-refractivity contribution in [2.24, 2.45) is 5.92 Å². The molecular formula is C23H23F3N2OS. The number of nitrogens with one attached hydrogen (secondary N) is 1. The number of thioether (sulfide) groups is 1. The van der Waals surface area contributed by atoms with E-state index in [-0.39, 0.29) is 11.8 Å². The first-order valence-electron chi connectivity index (χ1n) is 9.67. The molecule has 1 amide bonds. The smallest absolute Gasteiger partial charge is 0.324 e. The topological polar surface area (TPSA) is 42.0 Å². The number of nitrogens with zero attached hydrogens (tertiary/aromatic N) is 1. The van der Waals surface area contributed by atoms with Gasteiger partial charge < -0.3 is 5.32 Å². The molecule has 0 saturated carbocycles. The number of aromatic nitrogens is 1. The molecule has 1 unspecified atom stereocenters. The quantitative estimate of drug-likeness (QED) is 0.469. The maximum absolute atomic E-state index is 13.0. The molecule has 0 spiro atoms. The minimum absolute atomic E-state index is 0.183. The van der Waals surface area contributed by atoms with Gasteiger partial charge in [0.1, 0.15) is 0 Å². The molecule has 3 rings (SSSR count). The van der Waals surface area contributed by atoms with Gasteiger partial charge in [0.15, 0.2) is 0 Å². The van der Waals surface area contributed by atoms with E-state index < -0.39 is 23.1 Å². The van der Waals surface area contributed by atoms with Crippen LogP contribution in [0.4, 0.5) is 18.9 Å². The molecule has 1 N–H and O–H groups in total. The number of anilines is 1. The number of hydrogen-bond acceptors (Lipinski definition) is 3. The SMILES string of the molecule is CC(C)Cc1ccc(C(CSC(F)(F)F)C(=O)Nc2cccc3cccnc23)cc1. The van der Waals surface area contributed by atoms with Crippen molar-refractivity contribution in [1.82, 2.24) is 4.98 Å². The number of benzene rings is 2. The predicted octanol–water partition coefficient (Wildman–Crippen LogP) is 6.41. The number of carbonyl (C=O) groups excluding carboxylic acids is 1. The number of halogens is 3. The molecule has 3 nitrogen and oxygen atoms in total. The van der Waals surface area contributed by atoms with Gasteiger partial charge in [-0.15, -0.1) is 0 Å². The third kappa shape index (κ3) is 5.98. The van der Waals surface area contributed by atoms with Gasteiger partial charge in [-0.2, -0.15) is 13.2 Å². The number of rotatable bonds is 7. The standard InChI is InChI=1S/C23H23F3N2OS/c1-15(2)13-16-8-10-17(11-9-16)19(14-30-23(24,25)26)22(29)28-20-7-3-5-18-6-4-12-27-21(18)20/h3-12,15,19H,13-14H2,1-2H3,(H,28,29). The van der Waals surface area contributed by atoms with Crippen molar-refractivity contribution >= 4 is 34.3 Å². The molecular weight excluding hydrogens is 409 g/mol. The highest BCUT2D eigenvalue weighted by Crippen LogP contribution is 2.35. The van der Waals surface area contributed by atoms with Gasteiger partial charge in [0.05, 0.1) is 17.1 Å². The first-order valence-corrected chi connectivity index (χ1v) is 10.7. The normalized spacial score (nSPS) is 12.9. The van der Waals surface area contributed by atoms with Gasteiger partial charge in [-0.05, 0) is 47.4 Å². The Balaban J connectivity index is 1.86. The Morgan fingerprint density at radius 1 is 1.07 bits per heavy atom. The highest BCUT2D eigenvalue weighted by Gasteiger charge is 2.32. The Hall–Kier alpha value is -2.54. The highest BCUT2D eigenvalue weighted by molar-refractivity contribution is 8.00. The van der Waals surface area contributed by atoms with Crippen LogP contribution >= 0.6 is 11.8 Å². The van der Waals surface area contributed by atoms with E-state index in [0.29, 0.717) is 22.7 Å². The summed E-state index contributed by atoms with van der Waals surface area (Å²) < 4.78 is 38.6. The number of fused-ring (bicyclic) bond motifs is 1. The van der Waals surface area contributed by atoms with E-state index in [1.165, 1.54) is 0 Å². The zero-order chi connectivity index (χ0) is 21.7. The maximum atomic E-state index is 13.0. The van der Waals surface area contributed by atoms with E-state index in [1.54, 1.807) is 36.5 Å². The van der Waals surface area contributed by atoms with Crippen molar-refractivity contribution in [3.05, 3.63) is 71.9 Å². The van der Waals surface area contributed by atoms with Crippen LogP contribution in [0.1, 0.15) is 30.9 Å². The Morgan fingerprint density at radius 3 is 2.43 bits per heavy atom. The molecule has 0 bridgehead atoms. The number of pyridine rings is 1. The van der Waals surface area contributed by atoms with Gasteiger partial charge in [0.25, 0.3) is 0 Å². The van der Waals surface area contributed by atoms with Crippen molar-refractivity contribution in [3.8, 4) is 0 Å². The van der Waals surface area contributed by atoms with E-state index in [2.05, 4.69) is 24.1 Å². The van der Waals surface area contributed by atoms with E-state index in [9.17, 15) is 18.0 Å². The summed E-state index contributed by atoms with van der Waals surface area (Å²) >= 11 is -0.183. The van der Waals surface area contributed by atoms with Gasteiger partial charge in [-0.3, -0.25) is 9.78 Å². The van der Waals surface area contributed by atoms with Gasteiger partial charge in [0.2, 0.25) is 5.91 Å². The van der Waals surface area contributed by atoms with Crippen molar-refractivity contribution in [3.63, 3.8) is 0 Å². The lowest BCUT2D eigenvalue weighted by atomic mass is 9.96. The molecule has 2 aromatic carbocycles. The lowest BCUT2D eigenvalue weighted by molar-refractivity contribution is -0.117. The summed E-state index contributed by atoms with van der Waals surface area (Å²) in [5, 5.41) is 3.63. The minimum atomic E-state index is -4.41. The molecule has 0 radical (unpaired) electrons. The van der Waals surface area contributed by atoms with E-state index >= 15 is 0 Å². The van der Waals surface area contributed by atoms with Gasteiger partial charge in [-0.25, -0.2) is 0 Å². The summed E-state index contributed by atoms with van der Waals surface area (Å²) in [6, 6.07) is 16.3. The monoisotopic (exact) mass is 432 g/mol. The Morgan fingerprint density at radius 2 is 1.77 bits per heavy atom. The van der Waals surface area contributed by atoms with Crippen LogP contribution in [0, 0.1) is 5.92 Å². The van der Waals surface area contributed by atoms with Crippen LogP contribution in [0.25, 0.3) is 10.9 Å². The van der Waals surface area contributed by atoms with Crippen molar-refractivity contribution in [2.75, 3.05) is 11.1 Å². The molecule has 3 aromatic rings. The number of hydrogen-bond donors (Lipinski definition) is 1. The largest absolute Gasteiger partial charge is 0.441 e. The van der Waals surface area contributed by atoms with E-state index in [4.69, 9.17) is 0 Å². The highest BCUT2D eigenvalue weighted by atomic mass is 32.2. The maximum Gasteiger partial charge on any atom is 0.441 e. The third-order valence-corrected chi connectivity index (χ3v) is 5.47. The summed E-state index contributed by atoms with van der Waals surface area (Å²) in [7, 11) is 0. The number of alkyl halides is 3. The van der Waals surface area contributed by atoms with E-state index in [1.807, 2.05) is 24.3 Å². The van der Waals surface area contributed by atoms with Crippen molar-refractivity contribution in [1.29, 1.82) is 0 Å². The zero-order valence-corrected chi connectivity index (χ0v) is 17.6. The Kier molecular flexibility index (Phi) is 7.02. The molecule has 1 aromatic heterocycles. The average Bonchev–Trinajstić information content (AvgIpc) is 2.68. The van der Waals surface area contributed by atoms with Gasteiger partial charge >= 0.3 is 5.51 Å². The van der Waals surface area contributed by atoms with Gasteiger partial charge in [-0.1, -0.05) is 56.3 Å². The van der Waals surface area contributed by atoms with E-state index in [0.717, 1.165) is 17.4 Å². The Labute approximate surface area is 178 Å². The predicted molar refractivity (Wildman–Crippen MR) is 117 cm³/mol. The average molecular weight is 433 g/mol. The summed E-state index contributed by atoms with van der Waals surface area (Å²) in [4.78, 5) is 17.3. The van der Waals surface area contributed by atoms with Crippen molar-refractivity contribution in [2.45, 2.75) is 31.7 Å². The van der Waals surface area contributed by atoms with Crippen molar-refractivity contribution < 1.29 is 18.0 Å². The molecule has 0 fully saturated rings. The van der Waals surface area contributed by atoms with Crippen LogP contribution in [0.5, 0.6) is 0 Å². The lowest BCUT2D eigenvalue weighted by Gasteiger charge is -2.19. The van der Waals surface area contributed by atoms with Crippen LogP contribution in [-0.2, 0) is 11.2 Å². The molecule has 30 heavy (non-hydrogen) atoms. The number of para-hydroxylation sites is 1. The lowest BCUT2D eigenvalue weighted by Crippen LogP contribution is -2.24. The fourth-order valence-corrected chi connectivity index (χ4v) is 3.98. The van der Waals surface area contributed by atoms with Crippen LogP contribution < -0.4 is 5.32 Å². The fourth-order valence-electron chi connectivity index (χ4n) is 3.28. The first-order chi connectivity index (χ1) is 14.2. The summed E-state index contributed by atoms with van der Waals surface area (Å²) in [6.45, 7) is 4.20. The molecule has 1 atom stereocenters. The molecule has 1 heterocycles. The Bertz CT molecular complexity index is 998.